The minimum atomic E-state index is -0.513. The zero-order chi connectivity index (χ0) is 17.8. The number of nitrogens with zero attached hydrogens (tertiary/aromatic N) is 1. The maximum atomic E-state index is 12.0. The number of allylic oxidation sites excluding steroid dienone is 1. The molecule has 2 aromatic carbocycles. The fourth-order valence-electron chi connectivity index (χ4n) is 2.26. The van der Waals surface area contributed by atoms with Crippen LogP contribution >= 0.6 is 11.6 Å². The van der Waals surface area contributed by atoms with Gasteiger partial charge in [0.2, 0.25) is 0 Å². The van der Waals surface area contributed by atoms with Gasteiger partial charge in [0.1, 0.15) is 11.5 Å². The fraction of sp³-hybridized carbons (Fsp3) is 0. The number of benzene rings is 2. The molecule has 0 N–H and O–H groups in total. The van der Waals surface area contributed by atoms with Gasteiger partial charge < -0.3 is 4.42 Å². The van der Waals surface area contributed by atoms with E-state index in [-0.39, 0.29) is 16.5 Å². The molecule has 25 heavy (non-hydrogen) atoms. The molecule has 0 saturated heterocycles. The zero-order valence-corrected chi connectivity index (χ0v) is 13.6. The Hall–Kier alpha value is -3.18. The Morgan fingerprint density at radius 3 is 2.52 bits per heavy atom. The van der Waals surface area contributed by atoms with E-state index in [1.807, 2.05) is 6.07 Å². The second-order valence-electron chi connectivity index (χ2n) is 5.19. The first-order valence-electron chi connectivity index (χ1n) is 7.36. The minimum Gasteiger partial charge on any atom is -0.457 e. The second kappa shape index (κ2) is 7.15. The van der Waals surface area contributed by atoms with Crippen molar-refractivity contribution in [2.24, 2.45) is 0 Å². The molecule has 0 bridgehead atoms. The SMILES string of the molecule is O=C(/C=C/c1ccc(-c2ccc([N+](=O)[O-])cc2Cl)o1)c1ccccc1. The Labute approximate surface area is 148 Å². The molecule has 0 aliphatic heterocycles. The summed E-state index contributed by atoms with van der Waals surface area (Å²) in [5.41, 5.74) is 1.04. The Kier molecular flexibility index (Phi) is 4.77. The summed E-state index contributed by atoms with van der Waals surface area (Å²) in [4.78, 5) is 22.3. The Morgan fingerprint density at radius 2 is 1.84 bits per heavy atom. The molecule has 0 amide bonds. The summed E-state index contributed by atoms with van der Waals surface area (Å²) < 4.78 is 5.64. The van der Waals surface area contributed by atoms with Gasteiger partial charge in [-0.2, -0.15) is 0 Å². The van der Waals surface area contributed by atoms with Crippen molar-refractivity contribution in [1.29, 1.82) is 0 Å². The van der Waals surface area contributed by atoms with Crippen LogP contribution in [0.25, 0.3) is 17.4 Å². The molecule has 0 spiro atoms. The first-order chi connectivity index (χ1) is 12.0. The second-order valence-corrected chi connectivity index (χ2v) is 5.59. The average molecular weight is 354 g/mol. The van der Waals surface area contributed by atoms with Crippen LogP contribution in [-0.2, 0) is 0 Å². The van der Waals surface area contributed by atoms with E-state index < -0.39 is 4.92 Å². The molecule has 3 aromatic rings. The summed E-state index contributed by atoms with van der Waals surface area (Å²) >= 11 is 6.09. The summed E-state index contributed by atoms with van der Waals surface area (Å²) in [6.07, 6.45) is 2.99. The van der Waals surface area contributed by atoms with E-state index in [1.54, 1.807) is 42.5 Å². The molecule has 1 aromatic heterocycles. The highest BCUT2D eigenvalue weighted by molar-refractivity contribution is 6.33. The summed E-state index contributed by atoms with van der Waals surface area (Å²) in [5.74, 6) is 0.812. The predicted molar refractivity (Wildman–Crippen MR) is 95.6 cm³/mol. The summed E-state index contributed by atoms with van der Waals surface area (Å²) in [7, 11) is 0. The summed E-state index contributed by atoms with van der Waals surface area (Å²) in [6, 6.07) is 16.4. The van der Waals surface area contributed by atoms with Crippen molar-refractivity contribution >= 4 is 29.1 Å². The third-order valence-electron chi connectivity index (χ3n) is 3.51. The van der Waals surface area contributed by atoms with Crippen molar-refractivity contribution in [3.8, 4) is 11.3 Å². The lowest BCUT2D eigenvalue weighted by Gasteiger charge is -2.00. The number of hydrogen-bond donors (Lipinski definition) is 0. The quantitative estimate of drug-likeness (QED) is 0.266. The third kappa shape index (κ3) is 3.84. The van der Waals surface area contributed by atoms with Gasteiger partial charge in [-0.15, -0.1) is 0 Å². The van der Waals surface area contributed by atoms with Crippen LogP contribution in [0.5, 0.6) is 0 Å². The number of carbonyl (C=O) groups is 1. The highest BCUT2D eigenvalue weighted by Crippen LogP contribution is 2.32. The molecule has 6 heteroatoms. The summed E-state index contributed by atoms with van der Waals surface area (Å²) in [6.45, 7) is 0. The van der Waals surface area contributed by atoms with Gasteiger partial charge in [0, 0.05) is 23.3 Å². The van der Waals surface area contributed by atoms with Gasteiger partial charge in [0.05, 0.1) is 9.95 Å². The Bertz CT molecular complexity index is 961. The van der Waals surface area contributed by atoms with Gasteiger partial charge in [-0.25, -0.2) is 0 Å². The smallest absolute Gasteiger partial charge is 0.270 e. The topological polar surface area (TPSA) is 73.3 Å². The van der Waals surface area contributed by atoms with Gasteiger partial charge in [0.15, 0.2) is 5.78 Å². The number of ketones is 1. The molecule has 0 aliphatic carbocycles. The number of rotatable bonds is 5. The number of hydrogen-bond acceptors (Lipinski definition) is 4. The zero-order valence-electron chi connectivity index (χ0n) is 12.9. The third-order valence-corrected chi connectivity index (χ3v) is 3.83. The molecule has 0 atom stereocenters. The van der Waals surface area contributed by atoms with Gasteiger partial charge >= 0.3 is 0 Å². The van der Waals surface area contributed by atoms with E-state index in [0.717, 1.165) is 0 Å². The maximum absolute atomic E-state index is 12.0. The van der Waals surface area contributed by atoms with E-state index in [4.69, 9.17) is 16.0 Å². The molecular formula is C19H12ClNO4. The van der Waals surface area contributed by atoms with E-state index in [2.05, 4.69) is 0 Å². The first-order valence-corrected chi connectivity index (χ1v) is 7.74. The van der Waals surface area contributed by atoms with Crippen molar-refractivity contribution in [3.05, 3.63) is 93.2 Å². The standard InChI is InChI=1S/C19H12ClNO4/c20-17-12-14(21(23)24)6-9-16(17)19-11-8-15(25-19)7-10-18(22)13-4-2-1-3-5-13/h1-12H/b10-7+. The van der Waals surface area contributed by atoms with Gasteiger partial charge in [-0.05, 0) is 30.4 Å². The van der Waals surface area contributed by atoms with Crippen molar-refractivity contribution in [1.82, 2.24) is 0 Å². The molecule has 3 rings (SSSR count). The lowest BCUT2D eigenvalue weighted by atomic mass is 10.1. The molecule has 0 fully saturated rings. The number of carbonyl (C=O) groups excluding carboxylic acids is 1. The number of halogens is 1. The predicted octanol–water partition coefficient (Wildman–Crippen LogP) is 5.40. The lowest BCUT2D eigenvalue weighted by Crippen LogP contribution is -1.92. The van der Waals surface area contributed by atoms with Gasteiger partial charge in [-0.3, -0.25) is 14.9 Å². The molecule has 0 unspecified atom stereocenters. The van der Waals surface area contributed by atoms with Crippen molar-refractivity contribution in [3.63, 3.8) is 0 Å². The molecule has 5 nitrogen and oxygen atoms in total. The van der Waals surface area contributed by atoms with Crippen LogP contribution in [0.2, 0.25) is 5.02 Å². The van der Waals surface area contributed by atoms with E-state index in [0.29, 0.717) is 22.6 Å². The monoisotopic (exact) mass is 353 g/mol. The van der Waals surface area contributed by atoms with Crippen molar-refractivity contribution in [2.45, 2.75) is 0 Å². The average Bonchev–Trinajstić information content (AvgIpc) is 3.09. The lowest BCUT2D eigenvalue weighted by molar-refractivity contribution is -0.384. The molecule has 1 heterocycles. The highest BCUT2D eigenvalue weighted by atomic mass is 35.5. The van der Waals surface area contributed by atoms with Crippen LogP contribution < -0.4 is 0 Å². The van der Waals surface area contributed by atoms with Crippen LogP contribution in [0.1, 0.15) is 16.1 Å². The van der Waals surface area contributed by atoms with Crippen LogP contribution in [0.3, 0.4) is 0 Å². The van der Waals surface area contributed by atoms with Crippen molar-refractivity contribution < 1.29 is 14.1 Å². The fourth-order valence-corrected chi connectivity index (χ4v) is 2.53. The minimum absolute atomic E-state index is 0.0890. The van der Waals surface area contributed by atoms with E-state index >= 15 is 0 Å². The Balaban J connectivity index is 1.80. The summed E-state index contributed by atoms with van der Waals surface area (Å²) in [5, 5.41) is 11.0. The first kappa shape index (κ1) is 16.7. The largest absolute Gasteiger partial charge is 0.457 e. The number of furan rings is 1. The van der Waals surface area contributed by atoms with Crippen LogP contribution in [-0.4, -0.2) is 10.7 Å². The number of nitro benzene ring substituents is 1. The van der Waals surface area contributed by atoms with Crippen LogP contribution in [0.15, 0.2) is 71.2 Å². The number of nitro groups is 1. The Morgan fingerprint density at radius 1 is 1.08 bits per heavy atom. The van der Waals surface area contributed by atoms with Crippen LogP contribution in [0.4, 0.5) is 5.69 Å². The maximum Gasteiger partial charge on any atom is 0.270 e. The molecular weight excluding hydrogens is 342 g/mol. The van der Waals surface area contributed by atoms with Crippen molar-refractivity contribution in [2.75, 3.05) is 0 Å². The van der Waals surface area contributed by atoms with Crippen LogP contribution in [0, 0.1) is 10.1 Å². The van der Waals surface area contributed by atoms with Gasteiger partial charge in [-0.1, -0.05) is 41.9 Å². The normalized spacial score (nSPS) is 10.9. The molecule has 0 saturated carbocycles. The highest BCUT2D eigenvalue weighted by Gasteiger charge is 2.13. The van der Waals surface area contributed by atoms with E-state index in [9.17, 15) is 14.9 Å². The number of non-ortho nitro benzene ring substituents is 1. The molecule has 0 aliphatic rings. The van der Waals surface area contributed by atoms with Gasteiger partial charge in [0.25, 0.3) is 5.69 Å². The molecule has 124 valence electrons. The van der Waals surface area contributed by atoms with E-state index in [1.165, 1.54) is 24.3 Å². The molecule has 0 radical (unpaired) electrons.